The van der Waals surface area contributed by atoms with Crippen molar-refractivity contribution in [2.45, 2.75) is 53.0 Å². The van der Waals surface area contributed by atoms with Crippen LogP contribution in [0, 0.1) is 5.41 Å². The lowest BCUT2D eigenvalue weighted by Crippen LogP contribution is -2.35. The maximum absolute atomic E-state index is 11.7. The highest BCUT2D eigenvalue weighted by Crippen LogP contribution is 2.22. The number of rotatable bonds is 9. The van der Waals surface area contributed by atoms with Gasteiger partial charge in [0.25, 0.3) is 0 Å². The van der Waals surface area contributed by atoms with E-state index in [1.165, 1.54) is 11.8 Å². The van der Waals surface area contributed by atoms with Crippen molar-refractivity contribution in [3.8, 4) is 0 Å². The van der Waals surface area contributed by atoms with E-state index in [0.29, 0.717) is 18.9 Å². The highest BCUT2D eigenvalue weighted by atomic mass is 32.2. The van der Waals surface area contributed by atoms with Crippen LogP contribution in [0.1, 0.15) is 47.0 Å². The number of esters is 1. The molecule has 0 bridgehead atoms. The van der Waals surface area contributed by atoms with Crippen molar-refractivity contribution in [2.24, 2.45) is 11.1 Å². The SMILES string of the molecule is CCCOC(=O)[C@@H](N)CCC(=O)NCCSC(=O)C(C)(C)C. The second-order valence-corrected chi connectivity index (χ2v) is 7.12. The van der Waals surface area contributed by atoms with Crippen molar-refractivity contribution in [3.63, 3.8) is 0 Å². The van der Waals surface area contributed by atoms with Crippen LogP contribution in [0.25, 0.3) is 0 Å². The molecule has 1 atom stereocenters. The summed E-state index contributed by atoms with van der Waals surface area (Å²) in [5, 5.41) is 2.81. The van der Waals surface area contributed by atoms with E-state index in [2.05, 4.69) is 5.32 Å². The van der Waals surface area contributed by atoms with E-state index < -0.39 is 12.0 Å². The normalized spacial score (nSPS) is 12.6. The Bertz CT molecular complexity index is 380. The predicted molar refractivity (Wildman–Crippen MR) is 88.4 cm³/mol. The number of thioether (sulfide) groups is 1. The van der Waals surface area contributed by atoms with Gasteiger partial charge >= 0.3 is 5.97 Å². The van der Waals surface area contributed by atoms with Gasteiger partial charge in [-0.2, -0.15) is 0 Å². The summed E-state index contributed by atoms with van der Waals surface area (Å²) in [5.41, 5.74) is 5.27. The Morgan fingerprint density at radius 3 is 2.45 bits per heavy atom. The molecule has 0 aliphatic heterocycles. The van der Waals surface area contributed by atoms with Crippen LogP contribution in [0.5, 0.6) is 0 Å². The largest absolute Gasteiger partial charge is 0.465 e. The zero-order chi connectivity index (χ0) is 17.2. The number of hydrogen-bond acceptors (Lipinski definition) is 6. The van der Waals surface area contributed by atoms with Crippen molar-refractivity contribution in [1.29, 1.82) is 0 Å². The zero-order valence-corrected chi connectivity index (χ0v) is 14.8. The van der Waals surface area contributed by atoms with Crippen molar-refractivity contribution in [1.82, 2.24) is 5.32 Å². The van der Waals surface area contributed by atoms with E-state index in [0.717, 1.165) is 6.42 Å². The number of nitrogens with two attached hydrogens (primary N) is 1. The first-order valence-electron chi connectivity index (χ1n) is 7.54. The maximum Gasteiger partial charge on any atom is 0.322 e. The molecule has 0 aromatic rings. The van der Waals surface area contributed by atoms with Crippen molar-refractivity contribution < 1.29 is 19.1 Å². The molecule has 3 N–H and O–H groups in total. The second kappa shape index (κ2) is 10.6. The number of nitrogens with one attached hydrogen (secondary N) is 1. The molecule has 0 radical (unpaired) electrons. The fraction of sp³-hybridized carbons (Fsp3) is 0.800. The topological polar surface area (TPSA) is 98.5 Å². The van der Waals surface area contributed by atoms with Crippen molar-refractivity contribution in [2.75, 3.05) is 18.9 Å². The number of carbonyl (C=O) groups is 3. The molecule has 0 saturated carbocycles. The van der Waals surface area contributed by atoms with Crippen molar-refractivity contribution in [3.05, 3.63) is 0 Å². The summed E-state index contributed by atoms with van der Waals surface area (Å²) in [6.45, 7) is 8.24. The monoisotopic (exact) mass is 332 g/mol. The van der Waals surface area contributed by atoms with Crippen LogP contribution < -0.4 is 11.1 Å². The third-order valence-electron chi connectivity index (χ3n) is 2.70. The van der Waals surface area contributed by atoms with Gasteiger partial charge in [-0.25, -0.2) is 0 Å². The van der Waals surface area contributed by atoms with Crippen LogP contribution >= 0.6 is 11.8 Å². The Morgan fingerprint density at radius 1 is 1.27 bits per heavy atom. The number of amides is 1. The lowest BCUT2D eigenvalue weighted by molar-refractivity contribution is -0.145. The highest BCUT2D eigenvalue weighted by Gasteiger charge is 2.21. The van der Waals surface area contributed by atoms with Gasteiger partial charge in [-0.05, 0) is 12.8 Å². The Kier molecular flexibility index (Phi) is 10.1. The molecule has 0 rings (SSSR count). The minimum Gasteiger partial charge on any atom is -0.465 e. The lowest BCUT2D eigenvalue weighted by atomic mass is 10.00. The number of carbonyl (C=O) groups excluding carboxylic acids is 3. The van der Waals surface area contributed by atoms with Crippen LogP contribution in [-0.4, -0.2) is 41.9 Å². The summed E-state index contributed by atoms with van der Waals surface area (Å²) >= 11 is 1.21. The molecule has 0 aliphatic carbocycles. The molecule has 0 unspecified atom stereocenters. The van der Waals surface area contributed by atoms with E-state index >= 15 is 0 Å². The molecular weight excluding hydrogens is 304 g/mol. The first-order chi connectivity index (χ1) is 10.2. The van der Waals surface area contributed by atoms with Gasteiger partial charge in [-0.1, -0.05) is 39.5 Å². The fourth-order valence-electron chi connectivity index (χ4n) is 1.35. The first kappa shape index (κ1) is 20.9. The minimum absolute atomic E-state index is 0.0995. The molecule has 0 aliphatic rings. The molecule has 0 heterocycles. The summed E-state index contributed by atoms with van der Waals surface area (Å²) in [7, 11) is 0. The molecule has 0 saturated heterocycles. The van der Waals surface area contributed by atoms with E-state index in [-0.39, 0.29) is 29.3 Å². The lowest BCUT2D eigenvalue weighted by Gasteiger charge is -2.15. The average molecular weight is 332 g/mol. The van der Waals surface area contributed by atoms with Gasteiger partial charge in [0.1, 0.15) is 6.04 Å². The Balaban J connectivity index is 3.78. The number of ether oxygens (including phenoxy) is 1. The quantitative estimate of drug-likeness (QED) is 0.490. The third-order valence-corrected chi connectivity index (χ3v) is 3.99. The fourth-order valence-corrected chi connectivity index (χ4v) is 2.18. The van der Waals surface area contributed by atoms with Gasteiger partial charge in [0.2, 0.25) is 5.91 Å². The predicted octanol–water partition coefficient (Wildman–Crippen LogP) is 1.47. The molecule has 0 aromatic heterocycles. The minimum atomic E-state index is -0.769. The van der Waals surface area contributed by atoms with E-state index in [1.54, 1.807) is 0 Å². The third kappa shape index (κ3) is 9.78. The van der Waals surface area contributed by atoms with Crippen molar-refractivity contribution >= 4 is 28.8 Å². The molecule has 0 fully saturated rings. The summed E-state index contributed by atoms with van der Waals surface area (Å²) in [6, 6.07) is -0.769. The Hall–Kier alpha value is -1.08. The van der Waals surface area contributed by atoms with Gasteiger partial charge < -0.3 is 15.8 Å². The van der Waals surface area contributed by atoms with Gasteiger partial charge in [0, 0.05) is 24.1 Å². The standard InChI is InChI=1S/C15H28N2O4S/c1-5-9-21-13(19)11(16)6-7-12(18)17-8-10-22-14(20)15(2,3)4/h11H,5-10,16H2,1-4H3,(H,17,18)/t11-/m0/s1. The Morgan fingerprint density at radius 2 is 1.91 bits per heavy atom. The van der Waals surface area contributed by atoms with Crippen LogP contribution in [-0.2, 0) is 19.1 Å². The average Bonchev–Trinajstić information content (AvgIpc) is 2.45. The number of hydrogen-bond donors (Lipinski definition) is 2. The maximum atomic E-state index is 11.7. The van der Waals surface area contributed by atoms with Gasteiger partial charge in [-0.15, -0.1) is 0 Å². The molecule has 22 heavy (non-hydrogen) atoms. The van der Waals surface area contributed by atoms with Gasteiger partial charge in [-0.3, -0.25) is 14.4 Å². The van der Waals surface area contributed by atoms with Crippen LogP contribution in [0.15, 0.2) is 0 Å². The van der Waals surface area contributed by atoms with Gasteiger partial charge in [0.05, 0.1) is 6.61 Å². The van der Waals surface area contributed by atoms with Crippen LogP contribution in [0.4, 0.5) is 0 Å². The molecule has 0 spiro atoms. The molecule has 6 nitrogen and oxygen atoms in total. The first-order valence-corrected chi connectivity index (χ1v) is 8.53. The highest BCUT2D eigenvalue weighted by molar-refractivity contribution is 8.13. The molecule has 128 valence electrons. The van der Waals surface area contributed by atoms with E-state index in [1.807, 2.05) is 27.7 Å². The van der Waals surface area contributed by atoms with Gasteiger partial charge in [0.15, 0.2) is 5.12 Å². The summed E-state index contributed by atoms with van der Waals surface area (Å²) in [4.78, 5) is 34.7. The second-order valence-electron chi connectivity index (χ2n) is 6.05. The summed E-state index contributed by atoms with van der Waals surface area (Å²) in [6.07, 6.45) is 1.16. The molecule has 1 amide bonds. The smallest absolute Gasteiger partial charge is 0.322 e. The van der Waals surface area contributed by atoms with E-state index in [9.17, 15) is 14.4 Å². The molecular formula is C15H28N2O4S. The van der Waals surface area contributed by atoms with Crippen LogP contribution in [0.2, 0.25) is 0 Å². The summed E-state index contributed by atoms with van der Waals surface area (Å²) in [5.74, 6) is -0.115. The van der Waals surface area contributed by atoms with E-state index in [4.69, 9.17) is 10.5 Å². The molecule has 0 aromatic carbocycles. The Labute approximate surface area is 136 Å². The zero-order valence-electron chi connectivity index (χ0n) is 13.9. The van der Waals surface area contributed by atoms with Crippen LogP contribution in [0.3, 0.4) is 0 Å². The molecule has 7 heteroatoms. The summed E-state index contributed by atoms with van der Waals surface area (Å²) < 4.78 is 4.91.